The first-order valence-electron chi connectivity index (χ1n) is 3.65. The minimum Gasteiger partial charge on any atom is -0.378 e. The van der Waals surface area contributed by atoms with Gasteiger partial charge in [0.2, 0.25) is 0 Å². The number of nitrogen functional groups attached to an aromatic ring is 1. The summed E-state index contributed by atoms with van der Waals surface area (Å²) in [5, 5.41) is 3.66. The lowest BCUT2D eigenvalue weighted by Crippen LogP contribution is -2.06. The van der Waals surface area contributed by atoms with Gasteiger partial charge in [0.25, 0.3) is 0 Å². The molecule has 0 spiro atoms. The van der Waals surface area contributed by atoms with Crippen molar-refractivity contribution in [2.75, 3.05) is 19.9 Å². The monoisotopic (exact) mass is 187 g/mol. The standard InChI is InChI=1S/C7H13N3OS/c1-9-3-6-5(4-11-2)10-7(8)12-6/h9H,3-4H2,1-2H3,(H2,8,10). The van der Waals surface area contributed by atoms with Crippen LogP contribution < -0.4 is 11.1 Å². The summed E-state index contributed by atoms with van der Waals surface area (Å²) in [5.74, 6) is 0. The SMILES string of the molecule is CNCc1sc(N)nc1COC. The number of hydrogen-bond donors (Lipinski definition) is 2. The summed E-state index contributed by atoms with van der Waals surface area (Å²) >= 11 is 1.50. The van der Waals surface area contributed by atoms with E-state index in [4.69, 9.17) is 10.5 Å². The van der Waals surface area contributed by atoms with Crippen molar-refractivity contribution in [2.45, 2.75) is 13.2 Å². The molecule has 12 heavy (non-hydrogen) atoms. The molecule has 0 saturated heterocycles. The molecule has 0 fully saturated rings. The Bertz CT molecular complexity index is 225. The summed E-state index contributed by atoms with van der Waals surface area (Å²) in [4.78, 5) is 5.30. The maximum Gasteiger partial charge on any atom is 0.180 e. The second kappa shape index (κ2) is 4.39. The van der Waals surface area contributed by atoms with Gasteiger partial charge < -0.3 is 15.8 Å². The van der Waals surface area contributed by atoms with Gasteiger partial charge in [0, 0.05) is 18.5 Å². The van der Waals surface area contributed by atoms with Gasteiger partial charge in [-0.05, 0) is 7.05 Å². The molecule has 68 valence electrons. The van der Waals surface area contributed by atoms with Crippen LogP contribution >= 0.6 is 11.3 Å². The molecule has 0 aliphatic carbocycles. The highest BCUT2D eigenvalue weighted by Crippen LogP contribution is 2.20. The molecule has 0 aliphatic rings. The van der Waals surface area contributed by atoms with Crippen LogP contribution in [0.15, 0.2) is 0 Å². The van der Waals surface area contributed by atoms with E-state index in [9.17, 15) is 0 Å². The Morgan fingerprint density at radius 2 is 2.42 bits per heavy atom. The average Bonchev–Trinajstić information content (AvgIpc) is 2.33. The average molecular weight is 187 g/mol. The Hall–Kier alpha value is -0.650. The number of nitrogens with two attached hydrogens (primary N) is 1. The van der Waals surface area contributed by atoms with Crippen LogP contribution in [0.1, 0.15) is 10.6 Å². The molecule has 0 aliphatic heterocycles. The van der Waals surface area contributed by atoms with Crippen molar-refractivity contribution in [3.63, 3.8) is 0 Å². The molecule has 0 atom stereocenters. The predicted octanol–water partition coefficient (Wildman–Crippen LogP) is 0.591. The van der Waals surface area contributed by atoms with E-state index in [2.05, 4.69) is 10.3 Å². The third-order valence-corrected chi connectivity index (χ3v) is 2.34. The summed E-state index contributed by atoms with van der Waals surface area (Å²) in [6.07, 6.45) is 0. The largest absolute Gasteiger partial charge is 0.378 e. The molecule has 0 radical (unpaired) electrons. The number of rotatable bonds is 4. The first kappa shape index (κ1) is 9.44. The fraction of sp³-hybridized carbons (Fsp3) is 0.571. The maximum absolute atomic E-state index is 5.56. The van der Waals surface area contributed by atoms with E-state index in [0.29, 0.717) is 11.7 Å². The first-order valence-corrected chi connectivity index (χ1v) is 4.47. The van der Waals surface area contributed by atoms with Crippen molar-refractivity contribution in [1.82, 2.24) is 10.3 Å². The van der Waals surface area contributed by atoms with Crippen molar-refractivity contribution in [3.8, 4) is 0 Å². The van der Waals surface area contributed by atoms with Gasteiger partial charge >= 0.3 is 0 Å². The molecule has 0 unspecified atom stereocenters. The Kier molecular flexibility index (Phi) is 3.46. The second-order valence-corrected chi connectivity index (χ2v) is 3.50. The van der Waals surface area contributed by atoms with E-state index in [0.717, 1.165) is 17.1 Å². The van der Waals surface area contributed by atoms with Gasteiger partial charge in [0.05, 0.1) is 12.3 Å². The molecule has 1 rings (SSSR count). The number of anilines is 1. The zero-order valence-corrected chi connectivity index (χ0v) is 8.07. The molecular weight excluding hydrogens is 174 g/mol. The number of nitrogens with one attached hydrogen (secondary N) is 1. The minimum atomic E-state index is 0.532. The van der Waals surface area contributed by atoms with Crippen LogP contribution in [0, 0.1) is 0 Å². The number of hydrogen-bond acceptors (Lipinski definition) is 5. The molecule has 4 nitrogen and oxygen atoms in total. The van der Waals surface area contributed by atoms with Gasteiger partial charge in [-0.15, -0.1) is 11.3 Å². The quantitative estimate of drug-likeness (QED) is 0.724. The van der Waals surface area contributed by atoms with Crippen LogP contribution in [0.4, 0.5) is 5.13 Å². The highest BCUT2D eigenvalue weighted by atomic mass is 32.1. The third kappa shape index (κ3) is 2.17. The van der Waals surface area contributed by atoms with E-state index in [1.807, 2.05) is 7.05 Å². The van der Waals surface area contributed by atoms with Crippen LogP contribution in [0.3, 0.4) is 0 Å². The van der Waals surface area contributed by atoms with Crippen LogP contribution in [-0.4, -0.2) is 19.1 Å². The lowest BCUT2D eigenvalue weighted by molar-refractivity contribution is 0.181. The summed E-state index contributed by atoms with van der Waals surface area (Å²) in [5.41, 5.74) is 6.50. The zero-order valence-electron chi connectivity index (χ0n) is 7.26. The van der Waals surface area contributed by atoms with Gasteiger partial charge in [-0.2, -0.15) is 0 Å². The number of nitrogens with zero attached hydrogens (tertiary/aromatic N) is 1. The molecule has 5 heteroatoms. The van der Waals surface area contributed by atoms with Crippen molar-refractivity contribution >= 4 is 16.5 Å². The third-order valence-electron chi connectivity index (χ3n) is 1.41. The fourth-order valence-corrected chi connectivity index (χ4v) is 1.80. The zero-order chi connectivity index (χ0) is 8.97. The normalized spacial score (nSPS) is 10.5. The number of thiazole rings is 1. The molecule has 1 heterocycles. The summed E-state index contributed by atoms with van der Waals surface area (Å²) < 4.78 is 4.99. The van der Waals surface area contributed by atoms with Crippen molar-refractivity contribution < 1.29 is 4.74 Å². The van der Waals surface area contributed by atoms with Gasteiger partial charge in [0.15, 0.2) is 5.13 Å². The smallest absolute Gasteiger partial charge is 0.180 e. The summed E-state index contributed by atoms with van der Waals surface area (Å²) in [6.45, 7) is 1.33. The van der Waals surface area contributed by atoms with Crippen LogP contribution in [-0.2, 0) is 17.9 Å². The lowest BCUT2D eigenvalue weighted by Gasteiger charge is -1.98. The number of methoxy groups -OCH3 is 1. The Labute approximate surface area is 75.8 Å². The molecule has 0 amide bonds. The highest BCUT2D eigenvalue weighted by Gasteiger charge is 2.07. The molecule has 0 saturated carbocycles. The Morgan fingerprint density at radius 3 is 3.00 bits per heavy atom. The molecule has 1 aromatic rings. The first-order chi connectivity index (χ1) is 5.77. The number of ether oxygens (including phenoxy) is 1. The summed E-state index contributed by atoms with van der Waals surface area (Å²) in [7, 11) is 3.55. The van der Waals surface area contributed by atoms with E-state index < -0.39 is 0 Å². The van der Waals surface area contributed by atoms with Crippen LogP contribution in [0.5, 0.6) is 0 Å². The fourth-order valence-electron chi connectivity index (χ4n) is 0.951. The molecule has 0 bridgehead atoms. The predicted molar refractivity (Wildman–Crippen MR) is 50.0 cm³/mol. The van der Waals surface area contributed by atoms with Crippen LogP contribution in [0.25, 0.3) is 0 Å². The van der Waals surface area contributed by atoms with E-state index in [1.54, 1.807) is 7.11 Å². The van der Waals surface area contributed by atoms with E-state index in [-0.39, 0.29) is 0 Å². The van der Waals surface area contributed by atoms with Gasteiger partial charge in [-0.1, -0.05) is 0 Å². The van der Waals surface area contributed by atoms with Crippen LogP contribution in [0.2, 0.25) is 0 Å². The Morgan fingerprint density at radius 1 is 1.67 bits per heavy atom. The topological polar surface area (TPSA) is 60.2 Å². The summed E-state index contributed by atoms with van der Waals surface area (Å²) in [6, 6.07) is 0. The second-order valence-electron chi connectivity index (χ2n) is 2.39. The van der Waals surface area contributed by atoms with Crippen molar-refractivity contribution in [2.24, 2.45) is 0 Å². The molecular formula is C7H13N3OS. The lowest BCUT2D eigenvalue weighted by atomic mass is 10.4. The highest BCUT2D eigenvalue weighted by molar-refractivity contribution is 7.15. The van der Waals surface area contributed by atoms with Crippen molar-refractivity contribution in [3.05, 3.63) is 10.6 Å². The number of aromatic nitrogens is 1. The Balaban J connectivity index is 2.76. The maximum atomic E-state index is 5.56. The van der Waals surface area contributed by atoms with Gasteiger partial charge in [0.1, 0.15) is 0 Å². The van der Waals surface area contributed by atoms with Gasteiger partial charge in [-0.3, -0.25) is 0 Å². The molecule has 3 N–H and O–H groups in total. The molecule has 0 aromatic carbocycles. The van der Waals surface area contributed by atoms with Crippen molar-refractivity contribution in [1.29, 1.82) is 0 Å². The van der Waals surface area contributed by atoms with E-state index in [1.165, 1.54) is 11.3 Å². The van der Waals surface area contributed by atoms with E-state index >= 15 is 0 Å². The van der Waals surface area contributed by atoms with Gasteiger partial charge in [-0.25, -0.2) is 4.98 Å². The minimum absolute atomic E-state index is 0.532. The molecule has 1 aromatic heterocycles.